The first kappa shape index (κ1) is 18.9. The number of carbonyl (C=O) groups is 1. The Morgan fingerprint density at radius 2 is 2.03 bits per heavy atom. The Kier molecular flexibility index (Phi) is 5.04. The monoisotopic (exact) mass is 405 g/mol. The van der Waals surface area contributed by atoms with Crippen LogP contribution in [-0.4, -0.2) is 60.1 Å². The second kappa shape index (κ2) is 7.99. The number of amides is 1. The summed E-state index contributed by atoms with van der Waals surface area (Å²) in [6.07, 6.45) is 0.767. The number of nitrogens with one attached hydrogen (secondary N) is 2. The third kappa shape index (κ3) is 3.61. The molecule has 1 amide bonds. The molecular formula is C23H27N5O2. The molecule has 7 nitrogen and oxygen atoms in total. The van der Waals surface area contributed by atoms with Crippen LogP contribution in [0.4, 0.5) is 5.95 Å². The van der Waals surface area contributed by atoms with Crippen LogP contribution in [0.1, 0.15) is 35.3 Å². The average Bonchev–Trinajstić information content (AvgIpc) is 3.23. The summed E-state index contributed by atoms with van der Waals surface area (Å²) in [6.45, 7) is 7.92. The molecule has 3 aromatic rings. The minimum atomic E-state index is -0.0775. The number of benzene rings is 2. The molecule has 1 aromatic heterocycles. The fourth-order valence-electron chi connectivity index (χ4n) is 4.30. The molecule has 0 unspecified atom stereocenters. The van der Waals surface area contributed by atoms with Crippen molar-refractivity contribution in [1.82, 2.24) is 20.2 Å². The van der Waals surface area contributed by atoms with Crippen LogP contribution in [0.3, 0.4) is 0 Å². The number of imidazole rings is 1. The van der Waals surface area contributed by atoms with Crippen molar-refractivity contribution in [1.29, 1.82) is 0 Å². The quantitative estimate of drug-likeness (QED) is 0.698. The van der Waals surface area contributed by atoms with Gasteiger partial charge in [-0.15, -0.1) is 0 Å². The standard InChI is InChI=1S/C23H27N5O2/c1-2-27-10-12-28(13-11-27)23-25-19-8-7-16(15-20(19)26-23)22(29)24-18-9-14-30-21-6-4-3-5-17(18)21/h3-8,15,18H,2,9-14H2,1H3,(H,24,29)(H,25,26)/t18-/m0/s1. The van der Waals surface area contributed by atoms with Crippen molar-refractivity contribution in [2.24, 2.45) is 0 Å². The summed E-state index contributed by atoms with van der Waals surface area (Å²) in [5.74, 6) is 1.66. The van der Waals surface area contributed by atoms with Crippen molar-refractivity contribution in [3.8, 4) is 5.75 Å². The van der Waals surface area contributed by atoms with E-state index in [1.807, 2.05) is 42.5 Å². The molecule has 2 N–H and O–H groups in total. The summed E-state index contributed by atoms with van der Waals surface area (Å²) in [7, 11) is 0. The lowest BCUT2D eigenvalue weighted by Gasteiger charge is -2.33. The van der Waals surface area contributed by atoms with E-state index in [9.17, 15) is 4.79 Å². The summed E-state index contributed by atoms with van der Waals surface area (Å²) >= 11 is 0. The maximum Gasteiger partial charge on any atom is 0.251 e. The van der Waals surface area contributed by atoms with E-state index >= 15 is 0 Å². The number of H-pyrrole nitrogens is 1. The van der Waals surface area contributed by atoms with Crippen molar-refractivity contribution in [2.45, 2.75) is 19.4 Å². The van der Waals surface area contributed by atoms with E-state index in [2.05, 4.69) is 27.0 Å². The van der Waals surface area contributed by atoms with E-state index in [4.69, 9.17) is 9.72 Å². The van der Waals surface area contributed by atoms with Gasteiger partial charge >= 0.3 is 0 Å². The molecule has 0 spiro atoms. The number of rotatable bonds is 4. The molecule has 5 rings (SSSR count). The van der Waals surface area contributed by atoms with Crippen molar-refractivity contribution in [3.05, 3.63) is 53.6 Å². The summed E-state index contributed by atoms with van der Waals surface area (Å²) in [5, 5.41) is 3.17. The van der Waals surface area contributed by atoms with E-state index in [0.29, 0.717) is 12.2 Å². The van der Waals surface area contributed by atoms with Gasteiger partial charge < -0.3 is 24.8 Å². The minimum absolute atomic E-state index is 0.0367. The maximum atomic E-state index is 12.9. The van der Waals surface area contributed by atoms with Crippen LogP contribution in [0, 0.1) is 0 Å². The molecule has 0 bridgehead atoms. The first-order valence-electron chi connectivity index (χ1n) is 10.7. The van der Waals surface area contributed by atoms with E-state index < -0.39 is 0 Å². The van der Waals surface area contributed by atoms with Gasteiger partial charge in [0.15, 0.2) is 0 Å². The highest BCUT2D eigenvalue weighted by atomic mass is 16.5. The van der Waals surface area contributed by atoms with Crippen LogP contribution in [0.2, 0.25) is 0 Å². The van der Waals surface area contributed by atoms with E-state index in [-0.39, 0.29) is 11.9 Å². The van der Waals surface area contributed by atoms with Crippen LogP contribution in [0.15, 0.2) is 42.5 Å². The third-order valence-electron chi connectivity index (χ3n) is 6.11. The van der Waals surface area contributed by atoms with Gasteiger partial charge in [0.2, 0.25) is 5.95 Å². The number of carbonyl (C=O) groups excluding carboxylic acids is 1. The molecule has 3 heterocycles. The van der Waals surface area contributed by atoms with Gasteiger partial charge in [0, 0.05) is 43.7 Å². The topological polar surface area (TPSA) is 73.5 Å². The van der Waals surface area contributed by atoms with Gasteiger partial charge in [-0.2, -0.15) is 0 Å². The van der Waals surface area contributed by atoms with Gasteiger partial charge in [-0.05, 0) is 30.8 Å². The molecule has 1 atom stereocenters. The van der Waals surface area contributed by atoms with Gasteiger partial charge in [0.05, 0.1) is 23.7 Å². The number of ether oxygens (including phenoxy) is 1. The zero-order chi connectivity index (χ0) is 20.5. The number of para-hydroxylation sites is 1. The van der Waals surface area contributed by atoms with Gasteiger partial charge in [-0.3, -0.25) is 4.79 Å². The summed E-state index contributed by atoms with van der Waals surface area (Å²) < 4.78 is 5.70. The number of anilines is 1. The SMILES string of the molecule is CCN1CCN(c2nc3ccc(C(=O)N[C@H]4CCOc5ccccc54)cc3[nH]2)CC1. The van der Waals surface area contributed by atoms with Crippen LogP contribution in [0.5, 0.6) is 5.75 Å². The number of hydrogen-bond donors (Lipinski definition) is 2. The highest BCUT2D eigenvalue weighted by molar-refractivity contribution is 5.97. The fourth-order valence-corrected chi connectivity index (χ4v) is 4.30. The lowest BCUT2D eigenvalue weighted by atomic mass is 10.00. The Balaban J connectivity index is 1.32. The number of aromatic amines is 1. The first-order valence-corrected chi connectivity index (χ1v) is 10.7. The molecule has 156 valence electrons. The number of piperazine rings is 1. The Morgan fingerprint density at radius 1 is 1.20 bits per heavy atom. The Hall–Kier alpha value is -3.06. The minimum Gasteiger partial charge on any atom is -0.493 e. The highest BCUT2D eigenvalue weighted by Gasteiger charge is 2.24. The number of aromatic nitrogens is 2. The Labute approximate surface area is 176 Å². The molecule has 0 radical (unpaired) electrons. The molecule has 1 saturated heterocycles. The molecule has 2 aromatic carbocycles. The van der Waals surface area contributed by atoms with Crippen molar-refractivity contribution in [3.63, 3.8) is 0 Å². The normalized spacial score (nSPS) is 19.4. The lowest BCUT2D eigenvalue weighted by molar-refractivity contribution is 0.0925. The van der Waals surface area contributed by atoms with Gasteiger partial charge in [0.1, 0.15) is 5.75 Å². The smallest absolute Gasteiger partial charge is 0.251 e. The summed E-state index contributed by atoms with van der Waals surface area (Å²) in [4.78, 5) is 25.8. The zero-order valence-corrected chi connectivity index (χ0v) is 17.2. The predicted molar refractivity (Wildman–Crippen MR) is 117 cm³/mol. The summed E-state index contributed by atoms with van der Waals surface area (Å²) in [5.41, 5.74) is 3.45. The highest BCUT2D eigenvalue weighted by Crippen LogP contribution is 2.31. The van der Waals surface area contributed by atoms with Gasteiger partial charge in [0.25, 0.3) is 5.91 Å². The fraction of sp³-hybridized carbons (Fsp3) is 0.391. The van der Waals surface area contributed by atoms with Crippen molar-refractivity contribution >= 4 is 22.9 Å². The van der Waals surface area contributed by atoms with Gasteiger partial charge in [-0.25, -0.2) is 4.98 Å². The predicted octanol–water partition coefficient (Wildman–Crippen LogP) is 2.96. The number of nitrogens with zero attached hydrogens (tertiary/aromatic N) is 3. The van der Waals surface area contributed by atoms with Crippen molar-refractivity contribution in [2.75, 3.05) is 44.2 Å². The van der Waals surface area contributed by atoms with Crippen LogP contribution in [0.25, 0.3) is 11.0 Å². The molecule has 7 heteroatoms. The Bertz CT molecular complexity index is 1050. The number of fused-ring (bicyclic) bond motifs is 2. The van der Waals surface area contributed by atoms with E-state index in [0.717, 1.165) is 67.4 Å². The molecule has 0 aliphatic carbocycles. The van der Waals surface area contributed by atoms with Gasteiger partial charge in [-0.1, -0.05) is 25.1 Å². The molecule has 0 saturated carbocycles. The van der Waals surface area contributed by atoms with Crippen LogP contribution >= 0.6 is 0 Å². The molecule has 30 heavy (non-hydrogen) atoms. The largest absolute Gasteiger partial charge is 0.493 e. The Morgan fingerprint density at radius 3 is 2.87 bits per heavy atom. The average molecular weight is 406 g/mol. The molecule has 1 fully saturated rings. The number of likely N-dealkylation sites (N-methyl/N-ethyl adjacent to an activating group) is 1. The van der Waals surface area contributed by atoms with Crippen LogP contribution < -0.4 is 15.0 Å². The molecular weight excluding hydrogens is 378 g/mol. The van der Waals surface area contributed by atoms with Crippen molar-refractivity contribution < 1.29 is 9.53 Å². The van der Waals surface area contributed by atoms with E-state index in [1.54, 1.807) is 0 Å². The molecule has 2 aliphatic heterocycles. The van der Waals surface area contributed by atoms with Crippen LogP contribution in [-0.2, 0) is 0 Å². The maximum absolute atomic E-state index is 12.9. The number of hydrogen-bond acceptors (Lipinski definition) is 5. The van der Waals surface area contributed by atoms with E-state index in [1.165, 1.54) is 0 Å². The molecule has 2 aliphatic rings. The summed E-state index contributed by atoms with van der Waals surface area (Å²) in [6, 6.07) is 13.5. The first-order chi connectivity index (χ1) is 14.7. The third-order valence-corrected chi connectivity index (χ3v) is 6.11. The lowest BCUT2D eigenvalue weighted by Crippen LogP contribution is -2.46. The second-order valence-corrected chi connectivity index (χ2v) is 7.91. The second-order valence-electron chi connectivity index (χ2n) is 7.91. The zero-order valence-electron chi connectivity index (χ0n) is 17.2.